The molecule has 0 radical (unpaired) electrons. The molecule has 0 aromatic carbocycles. The van der Waals surface area contributed by atoms with Gasteiger partial charge in [0.1, 0.15) is 6.10 Å². The van der Waals surface area contributed by atoms with Crippen molar-refractivity contribution in [3.63, 3.8) is 0 Å². The van der Waals surface area contributed by atoms with Crippen LogP contribution in [0.3, 0.4) is 0 Å². The van der Waals surface area contributed by atoms with Crippen molar-refractivity contribution in [3.05, 3.63) is 0 Å². The van der Waals surface area contributed by atoms with Crippen molar-refractivity contribution in [2.24, 2.45) is 0 Å². The van der Waals surface area contributed by atoms with Crippen LogP contribution in [0.1, 0.15) is 20.8 Å². The number of esters is 2. The topological polar surface area (TPSA) is 61.8 Å². The molecule has 0 spiro atoms. The zero-order chi connectivity index (χ0) is 12.3. The maximum atomic E-state index is 11.0. The summed E-state index contributed by atoms with van der Waals surface area (Å²) >= 11 is 2.15. The van der Waals surface area contributed by atoms with Crippen LogP contribution in [0.25, 0.3) is 0 Å². The Hall–Kier alpha value is -0.370. The van der Waals surface area contributed by atoms with E-state index in [0.717, 1.165) is 0 Å². The van der Waals surface area contributed by atoms with Crippen molar-refractivity contribution in [2.75, 3.05) is 4.43 Å². The third kappa shape index (κ3) is 3.31. The van der Waals surface area contributed by atoms with Gasteiger partial charge in [-0.3, -0.25) is 9.59 Å². The van der Waals surface area contributed by atoms with E-state index in [4.69, 9.17) is 14.2 Å². The van der Waals surface area contributed by atoms with E-state index in [9.17, 15) is 9.59 Å². The zero-order valence-corrected chi connectivity index (χ0v) is 11.6. The second kappa shape index (κ2) is 5.81. The summed E-state index contributed by atoms with van der Waals surface area (Å²) in [6, 6.07) is 0. The average Bonchev–Trinajstić information content (AvgIpc) is 2.44. The van der Waals surface area contributed by atoms with Gasteiger partial charge >= 0.3 is 11.9 Å². The molecule has 0 aromatic rings. The Labute approximate surface area is 108 Å². The Kier molecular flexibility index (Phi) is 4.97. The van der Waals surface area contributed by atoms with E-state index in [-0.39, 0.29) is 12.2 Å². The normalized spacial score (nSPS) is 33.5. The molecule has 1 aliphatic heterocycles. The molecule has 0 aliphatic carbocycles. The van der Waals surface area contributed by atoms with E-state index in [1.807, 2.05) is 0 Å². The standard InChI is InChI=1S/C10H15IO5/c1-5-9(15-6(2)12)10(16-7(3)13)8(4-11)14-5/h5,8-10H,4H2,1-3H3. The summed E-state index contributed by atoms with van der Waals surface area (Å²) in [5.74, 6) is -0.790. The third-order valence-electron chi connectivity index (χ3n) is 2.30. The second-order valence-corrected chi connectivity index (χ2v) is 4.56. The van der Waals surface area contributed by atoms with E-state index in [0.29, 0.717) is 4.43 Å². The predicted molar refractivity (Wildman–Crippen MR) is 64.3 cm³/mol. The highest BCUT2D eigenvalue weighted by atomic mass is 127. The molecule has 92 valence electrons. The fourth-order valence-corrected chi connectivity index (χ4v) is 2.43. The van der Waals surface area contributed by atoms with E-state index in [1.54, 1.807) is 6.92 Å². The van der Waals surface area contributed by atoms with Gasteiger partial charge in [0.05, 0.1) is 6.10 Å². The molecule has 4 atom stereocenters. The lowest BCUT2D eigenvalue weighted by molar-refractivity contribution is -0.163. The summed E-state index contributed by atoms with van der Waals surface area (Å²) < 4.78 is 16.5. The van der Waals surface area contributed by atoms with Crippen molar-refractivity contribution in [1.82, 2.24) is 0 Å². The van der Waals surface area contributed by atoms with E-state index in [1.165, 1.54) is 13.8 Å². The van der Waals surface area contributed by atoms with Gasteiger partial charge in [-0.2, -0.15) is 0 Å². The molecule has 4 unspecified atom stereocenters. The Balaban J connectivity index is 2.76. The van der Waals surface area contributed by atoms with Crippen LogP contribution in [-0.4, -0.2) is 40.8 Å². The molecule has 1 heterocycles. The Morgan fingerprint density at radius 1 is 1.19 bits per heavy atom. The number of carbonyl (C=O) groups is 2. The summed E-state index contributed by atoms with van der Waals surface area (Å²) in [5.41, 5.74) is 0. The minimum absolute atomic E-state index is 0.219. The molecule has 0 amide bonds. The van der Waals surface area contributed by atoms with Gasteiger partial charge in [-0.25, -0.2) is 0 Å². The fraction of sp³-hybridized carbons (Fsp3) is 0.800. The number of hydrogen-bond acceptors (Lipinski definition) is 5. The number of ether oxygens (including phenoxy) is 3. The largest absolute Gasteiger partial charge is 0.456 e. The lowest BCUT2D eigenvalue weighted by Gasteiger charge is -2.21. The SMILES string of the molecule is CC(=O)OC1C(C)OC(CI)C1OC(C)=O. The average molecular weight is 342 g/mol. The molecule has 6 heteroatoms. The fourth-order valence-electron chi connectivity index (χ4n) is 1.72. The lowest BCUT2D eigenvalue weighted by Crippen LogP contribution is -2.39. The van der Waals surface area contributed by atoms with Crippen LogP contribution >= 0.6 is 22.6 Å². The maximum Gasteiger partial charge on any atom is 0.303 e. The van der Waals surface area contributed by atoms with Crippen LogP contribution < -0.4 is 0 Å². The first-order chi connectivity index (χ1) is 7.45. The Morgan fingerprint density at radius 2 is 1.69 bits per heavy atom. The van der Waals surface area contributed by atoms with E-state index >= 15 is 0 Å². The molecule has 5 nitrogen and oxygen atoms in total. The number of hydrogen-bond donors (Lipinski definition) is 0. The Bertz CT molecular complexity index is 280. The summed E-state index contributed by atoms with van der Waals surface area (Å²) in [6.07, 6.45) is -1.49. The molecule has 0 saturated carbocycles. The third-order valence-corrected chi connectivity index (χ3v) is 3.17. The summed E-state index contributed by atoms with van der Waals surface area (Å²) in [6.45, 7) is 4.46. The van der Waals surface area contributed by atoms with Crippen molar-refractivity contribution in [1.29, 1.82) is 0 Å². The first kappa shape index (κ1) is 13.7. The molecule has 0 N–H and O–H groups in total. The van der Waals surface area contributed by atoms with Crippen molar-refractivity contribution >= 4 is 34.5 Å². The van der Waals surface area contributed by atoms with E-state index < -0.39 is 24.1 Å². The highest BCUT2D eigenvalue weighted by Gasteiger charge is 2.46. The summed E-state index contributed by atoms with van der Waals surface area (Å²) in [7, 11) is 0. The quantitative estimate of drug-likeness (QED) is 0.436. The van der Waals surface area contributed by atoms with Crippen LogP contribution in [0.5, 0.6) is 0 Å². The van der Waals surface area contributed by atoms with Crippen LogP contribution in [0.15, 0.2) is 0 Å². The maximum absolute atomic E-state index is 11.0. The molecule has 0 aromatic heterocycles. The van der Waals surface area contributed by atoms with Gasteiger partial charge in [0, 0.05) is 18.3 Å². The molecule has 1 fully saturated rings. The summed E-state index contributed by atoms with van der Waals surface area (Å²) in [5, 5.41) is 0. The van der Waals surface area contributed by atoms with Crippen molar-refractivity contribution in [3.8, 4) is 0 Å². The van der Waals surface area contributed by atoms with Gasteiger partial charge in [0.15, 0.2) is 12.2 Å². The van der Waals surface area contributed by atoms with Crippen LogP contribution in [-0.2, 0) is 23.8 Å². The monoisotopic (exact) mass is 342 g/mol. The van der Waals surface area contributed by atoms with Gasteiger partial charge in [0.2, 0.25) is 0 Å². The van der Waals surface area contributed by atoms with Crippen molar-refractivity contribution in [2.45, 2.75) is 45.2 Å². The van der Waals surface area contributed by atoms with Crippen LogP contribution in [0.4, 0.5) is 0 Å². The number of rotatable bonds is 3. The van der Waals surface area contributed by atoms with Crippen LogP contribution in [0.2, 0.25) is 0 Å². The molecule has 1 rings (SSSR count). The molecular formula is C10H15IO5. The smallest absolute Gasteiger partial charge is 0.303 e. The first-order valence-corrected chi connectivity index (χ1v) is 6.54. The van der Waals surface area contributed by atoms with E-state index in [2.05, 4.69) is 22.6 Å². The van der Waals surface area contributed by atoms with Gasteiger partial charge in [0.25, 0.3) is 0 Å². The van der Waals surface area contributed by atoms with Crippen molar-refractivity contribution < 1.29 is 23.8 Å². The molecule has 1 aliphatic rings. The predicted octanol–water partition coefficient (Wildman–Crippen LogP) is 1.07. The highest BCUT2D eigenvalue weighted by molar-refractivity contribution is 14.1. The number of halogens is 1. The highest BCUT2D eigenvalue weighted by Crippen LogP contribution is 2.27. The lowest BCUT2D eigenvalue weighted by atomic mass is 10.1. The van der Waals surface area contributed by atoms with Gasteiger partial charge in [-0.05, 0) is 6.92 Å². The van der Waals surface area contributed by atoms with Gasteiger partial charge in [-0.1, -0.05) is 22.6 Å². The first-order valence-electron chi connectivity index (χ1n) is 5.01. The second-order valence-electron chi connectivity index (χ2n) is 3.68. The molecule has 16 heavy (non-hydrogen) atoms. The summed E-state index contributed by atoms with van der Waals surface area (Å²) in [4.78, 5) is 21.9. The minimum atomic E-state index is -0.513. The minimum Gasteiger partial charge on any atom is -0.456 e. The number of alkyl halides is 1. The van der Waals surface area contributed by atoms with Crippen LogP contribution in [0, 0.1) is 0 Å². The molecule has 0 bridgehead atoms. The molecular weight excluding hydrogens is 327 g/mol. The number of carbonyl (C=O) groups excluding carboxylic acids is 2. The van der Waals surface area contributed by atoms with Gasteiger partial charge in [-0.15, -0.1) is 0 Å². The molecule has 1 saturated heterocycles. The Morgan fingerprint density at radius 3 is 2.12 bits per heavy atom. The zero-order valence-electron chi connectivity index (χ0n) is 9.44. The van der Waals surface area contributed by atoms with Gasteiger partial charge < -0.3 is 14.2 Å².